The van der Waals surface area contributed by atoms with E-state index in [0.717, 1.165) is 5.57 Å². The van der Waals surface area contributed by atoms with Gasteiger partial charge in [-0.3, -0.25) is 14.4 Å². The van der Waals surface area contributed by atoms with Gasteiger partial charge in [0.2, 0.25) is 0 Å². The van der Waals surface area contributed by atoms with E-state index >= 15 is 4.39 Å². The monoisotopic (exact) mass is 406 g/mol. The Kier molecular flexibility index (Phi) is 4.44. The van der Waals surface area contributed by atoms with Gasteiger partial charge in [-0.2, -0.15) is 0 Å². The molecule has 0 spiro atoms. The first-order valence-electron chi connectivity index (χ1n) is 10.7. The Morgan fingerprint density at radius 1 is 1.14 bits per heavy atom. The summed E-state index contributed by atoms with van der Waals surface area (Å²) in [4.78, 5) is 36.6. The van der Waals surface area contributed by atoms with Crippen molar-refractivity contribution >= 4 is 17.5 Å². The number of halogens is 1. The van der Waals surface area contributed by atoms with E-state index in [4.69, 9.17) is 4.74 Å². The summed E-state index contributed by atoms with van der Waals surface area (Å²) < 4.78 is 22.6. The van der Waals surface area contributed by atoms with Gasteiger partial charge in [-0.15, -0.1) is 0 Å². The second-order valence-electron chi connectivity index (χ2n) is 10.1. The van der Waals surface area contributed by atoms with Gasteiger partial charge in [0.1, 0.15) is 5.67 Å². The fourth-order valence-corrected chi connectivity index (χ4v) is 7.62. The molecule has 0 unspecified atom stereocenters. The van der Waals surface area contributed by atoms with Gasteiger partial charge in [0.15, 0.2) is 17.2 Å². The number of aliphatic hydroxyl groups is 1. The van der Waals surface area contributed by atoms with Crippen LogP contribution in [0.25, 0.3) is 0 Å². The van der Waals surface area contributed by atoms with Crippen LogP contribution in [0.1, 0.15) is 72.6 Å². The number of fused-ring (bicyclic) bond motifs is 5. The second kappa shape index (κ2) is 6.22. The van der Waals surface area contributed by atoms with E-state index in [1.54, 1.807) is 6.08 Å². The van der Waals surface area contributed by atoms with Gasteiger partial charge in [-0.05, 0) is 57.4 Å². The maximum absolute atomic E-state index is 17.0. The van der Waals surface area contributed by atoms with Crippen LogP contribution in [0.5, 0.6) is 0 Å². The summed E-state index contributed by atoms with van der Waals surface area (Å²) in [5.74, 6) is -1.35. The number of alkyl halides is 1. The van der Waals surface area contributed by atoms with Crippen LogP contribution >= 0.6 is 0 Å². The van der Waals surface area contributed by atoms with Crippen molar-refractivity contribution in [3.8, 4) is 0 Å². The van der Waals surface area contributed by atoms with Crippen LogP contribution in [0.4, 0.5) is 4.39 Å². The SMILES string of the molecule is CC(=O)O[C@]1(C(C)=O)CC[C@H]2[C@H]3CCC4=CC(=O)CC[C@]4(C)[C@@]3(F)[C@@H](O)C[C@@]21C. The average Bonchev–Trinajstić information content (AvgIpc) is 2.90. The molecule has 29 heavy (non-hydrogen) atoms. The zero-order chi connectivity index (χ0) is 21.4. The fourth-order valence-electron chi connectivity index (χ4n) is 7.62. The standard InChI is InChI=1S/C23H31FO5/c1-13(25)22(29-14(2)26)10-8-17-18-6-5-15-11-16(27)7-9-20(15,3)23(18,24)19(28)12-21(17,22)4/h11,17-19,28H,5-10,12H2,1-4H3/t17-,18+,19-,20-,21-,22-,23-/m0/s1. The zero-order valence-electron chi connectivity index (χ0n) is 17.7. The molecule has 0 aromatic carbocycles. The third-order valence-electron chi connectivity index (χ3n) is 9.05. The number of Topliss-reactive ketones (excluding diaryl/α,β-unsaturated/α-hetero) is 1. The van der Waals surface area contributed by atoms with Crippen molar-refractivity contribution in [2.75, 3.05) is 0 Å². The summed E-state index contributed by atoms with van der Waals surface area (Å²) in [5.41, 5.74) is -4.05. The van der Waals surface area contributed by atoms with Gasteiger partial charge >= 0.3 is 5.97 Å². The number of hydrogen-bond acceptors (Lipinski definition) is 5. The minimum Gasteiger partial charge on any atom is -0.451 e. The lowest BCUT2D eigenvalue weighted by Gasteiger charge is -2.63. The molecule has 0 saturated heterocycles. The number of aliphatic hydroxyl groups excluding tert-OH is 1. The Bertz CT molecular complexity index is 820. The highest BCUT2D eigenvalue weighted by Gasteiger charge is 2.75. The van der Waals surface area contributed by atoms with Crippen LogP contribution in [-0.2, 0) is 19.1 Å². The van der Waals surface area contributed by atoms with E-state index in [2.05, 4.69) is 0 Å². The molecule has 160 valence electrons. The molecule has 6 heteroatoms. The van der Waals surface area contributed by atoms with Crippen LogP contribution in [0, 0.1) is 22.7 Å². The first kappa shape index (κ1) is 20.7. The van der Waals surface area contributed by atoms with E-state index in [0.29, 0.717) is 32.1 Å². The van der Waals surface area contributed by atoms with Crippen molar-refractivity contribution in [1.29, 1.82) is 0 Å². The molecule has 4 rings (SSSR count). The predicted molar refractivity (Wildman–Crippen MR) is 104 cm³/mol. The highest BCUT2D eigenvalue weighted by Crippen LogP contribution is 2.70. The summed E-state index contributed by atoms with van der Waals surface area (Å²) in [6, 6.07) is 0. The molecule has 0 aromatic heterocycles. The highest BCUT2D eigenvalue weighted by atomic mass is 19.1. The number of ether oxygens (including phenoxy) is 1. The molecular formula is C23H31FO5. The third-order valence-corrected chi connectivity index (χ3v) is 9.05. The topological polar surface area (TPSA) is 80.7 Å². The maximum atomic E-state index is 17.0. The summed E-state index contributed by atoms with van der Waals surface area (Å²) in [5, 5.41) is 11.3. The number of allylic oxidation sites excluding steroid dienone is 1. The molecular weight excluding hydrogens is 375 g/mol. The van der Waals surface area contributed by atoms with E-state index < -0.39 is 40.1 Å². The number of carbonyl (C=O) groups excluding carboxylic acids is 3. The quantitative estimate of drug-likeness (QED) is 0.710. The van der Waals surface area contributed by atoms with Gasteiger partial charge in [-0.25, -0.2) is 4.39 Å². The number of ketones is 2. The minimum atomic E-state index is -1.86. The molecule has 4 aliphatic rings. The molecule has 3 saturated carbocycles. The van der Waals surface area contributed by atoms with Gasteiger partial charge in [-0.1, -0.05) is 19.4 Å². The van der Waals surface area contributed by atoms with Crippen LogP contribution < -0.4 is 0 Å². The normalized spacial score (nSPS) is 48.8. The van der Waals surface area contributed by atoms with E-state index in [9.17, 15) is 19.5 Å². The number of rotatable bonds is 2. The van der Waals surface area contributed by atoms with Crippen LogP contribution in [0.3, 0.4) is 0 Å². The van der Waals surface area contributed by atoms with Gasteiger partial charge in [0, 0.05) is 30.1 Å². The zero-order valence-corrected chi connectivity index (χ0v) is 17.7. The van der Waals surface area contributed by atoms with Crippen molar-refractivity contribution in [1.82, 2.24) is 0 Å². The molecule has 0 radical (unpaired) electrons. The first-order chi connectivity index (χ1) is 13.4. The van der Waals surface area contributed by atoms with Crippen LogP contribution in [0.2, 0.25) is 0 Å². The van der Waals surface area contributed by atoms with Gasteiger partial charge in [0.05, 0.1) is 6.10 Å². The lowest BCUT2D eigenvalue weighted by molar-refractivity contribution is -0.231. The van der Waals surface area contributed by atoms with Gasteiger partial charge in [0.25, 0.3) is 0 Å². The van der Waals surface area contributed by atoms with Crippen molar-refractivity contribution < 1.29 is 28.6 Å². The average molecular weight is 406 g/mol. The third kappa shape index (κ3) is 2.38. The second-order valence-corrected chi connectivity index (χ2v) is 10.1. The molecule has 5 nitrogen and oxygen atoms in total. The Labute approximate surface area is 171 Å². The minimum absolute atomic E-state index is 0.0287. The van der Waals surface area contributed by atoms with Crippen molar-refractivity contribution in [2.24, 2.45) is 22.7 Å². The molecule has 0 aromatic rings. The van der Waals surface area contributed by atoms with E-state index in [-0.39, 0.29) is 30.3 Å². The molecule has 7 atom stereocenters. The Morgan fingerprint density at radius 3 is 2.45 bits per heavy atom. The van der Waals surface area contributed by atoms with Crippen molar-refractivity contribution in [3.05, 3.63) is 11.6 Å². The Balaban J connectivity index is 1.81. The molecule has 1 N–H and O–H groups in total. The summed E-state index contributed by atoms with van der Waals surface area (Å²) in [6.07, 6.45) is 3.15. The summed E-state index contributed by atoms with van der Waals surface area (Å²) in [6.45, 7) is 6.45. The first-order valence-corrected chi connectivity index (χ1v) is 10.7. The fraction of sp³-hybridized carbons (Fsp3) is 0.783. The number of hydrogen-bond donors (Lipinski definition) is 1. The molecule has 4 aliphatic carbocycles. The molecule has 0 heterocycles. The molecule has 0 aliphatic heterocycles. The summed E-state index contributed by atoms with van der Waals surface area (Å²) >= 11 is 0. The van der Waals surface area contributed by atoms with E-state index in [1.165, 1.54) is 13.8 Å². The predicted octanol–water partition coefficient (Wildman–Crippen LogP) is 3.47. The van der Waals surface area contributed by atoms with Crippen LogP contribution in [0.15, 0.2) is 11.6 Å². The van der Waals surface area contributed by atoms with Crippen LogP contribution in [-0.4, -0.2) is 40.0 Å². The summed E-state index contributed by atoms with van der Waals surface area (Å²) in [7, 11) is 0. The van der Waals surface area contributed by atoms with Crippen molar-refractivity contribution in [2.45, 2.75) is 90.0 Å². The largest absolute Gasteiger partial charge is 0.451 e. The maximum Gasteiger partial charge on any atom is 0.303 e. The number of esters is 1. The molecule has 0 amide bonds. The highest BCUT2D eigenvalue weighted by molar-refractivity contribution is 5.92. The lowest BCUT2D eigenvalue weighted by Crippen LogP contribution is -2.69. The van der Waals surface area contributed by atoms with Gasteiger partial charge < -0.3 is 9.84 Å². The molecule has 0 bridgehead atoms. The smallest absolute Gasteiger partial charge is 0.303 e. The lowest BCUT2D eigenvalue weighted by atomic mass is 9.44. The Hall–Kier alpha value is -1.56. The number of carbonyl (C=O) groups is 3. The van der Waals surface area contributed by atoms with Crippen molar-refractivity contribution in [3.63, 3.8) is 0 Å². The van der Waals surface area contributed by atoms with E-state index in [1.807, 2.05) is 13.8 Å². The molecule has 3 fully saturated rings. The Morgan fingerprint density at radius 2 is 1.83 bits per heavy atom.